The molecule has 0 amide bonds. The number of rotatable bonds is 5. The summed E-state index contributed by atoms with van der Waals surface area (Å²) in [5.74, 6) is 0.0111. The number of ether oxygens (including phenoxy) is 1. The lowest BCUT2D eigenvalue weighted by atomic mass is 10.1. The molecule has 13 heteroatoms. The van der Waals surface area contributed by atoms with Crippen molar-refractivity contribution in [3.63, 3.8) is 0 Å². The maximum Gasteiger partial charge on any atom is 0.475 e. The average Bonchev–Trinajstić information content (AvgIpc) is 3.01. The Hall–Kier alpha value is -2.18. The summed E-state index contributed by atoms with van der Waals surface area (Å²) in [7, 11) is -3.94. The topological polar surface area (TPSA) is 168 Å². The second-order valence-corrected chi connectivity index (χ2v) is 8.46. The highest BCUT2D eigenvalue weighted by Crippen LogP contribution is 2.57. The van der Waals surface area contributed by atoms with Crippen molar-refractivity contribution in [2.45, 2.75) is 37.1 Å². The number of aliphatic hydroxyl groups excluding tert-OH is 2. The lowest BCUT2D eigenvalue weighted by molar-refractivity contribution is -0.0609. The van der Waals surface area contributed by atoms with E-state index in [1.807, 2.05) is 0 Å². The maximum absolute atomic E-state index is 12.8. The molecule has 0 radical (unpaired) electrons. The van der Waals surface area contributed by atoms with Crippen molar-refractivity contribution in [1.29, 1.82) is 0 Å². The van der Waals surface area contributed by atoms with Crippen molar-refractivity contribution >= 4 is 13.6 Å². The van der Waals surface area contributed by atoms with Crippen LogP contribution in [0.25, 0.3) is 0 Å². The Kier molecular flexibility index (Phi) is 5.98. The molecular formula is C17H21N4O8P. The summed E-state index contributed by atoms with van der Waals surface area (Å²) < 4.78 is 35.4. The summed E-state index contributed by atoms with van der Waals surface area (Å²) in [4.78, 5) is 19.6. The van der Waals surface area contributed by atoms with E-state index in [1.165, 1.54) is 12.3 Å². The van der Waals surface area contributed by atoms with E-state index in [2.05, 4.69) is 9.97 Å². The standard InChI is InChI=1S/C17H21N4O8P/c18-13-3-6-21(17(24)20-13)16-15(23)14(22)12(28-16)9-27-30(25)26-7-4-11(29-30)10-2-1-5-19-8-10/h1-3,5-6,8,11-12,14-16,22-23H,4,7,9H2,(H2,18,20,24)/t11-,12-,14-,15+,16-,30?/m1/s1. The summed E-state index contributed by atoms with van der Waals surface area (Å²) in [6.45, 7) is -0.258. The number of hydrogen-bond acceptors (Lipinski definition) is 11. The molecule has 4 N–H and O–H groups in total. The molecule has 4 heterocycles. The SMILES string of the molecule is Nc1ccn([C@@H]2O[C@H](COP3(=O)OCC[C@H](c4cccnc4)O3)[C@@H](O)[C@@H]2O)c(=O)n1. The molecule has 4 rings (SSSR count). The van der Waals surface area contributed by atoms with Crippen LogP contribution in [0.2, 0.25) is 0 Å². The number of anilines is 1. The molecule has 0 aliphatic carbocycles. The van der Waals surface area contributed by atoms with E-state index in [0.717, 1.165) is 10.1 Å². The number of nitrogens with zero attached hydrogens (tertiary/aromatic N) is 3. The van der Waals surface area contributed by atoms with Crippen LogP contribution in [0.5, 0.6) is 0 Å². The maximum atomic E-state index is 12.8. The predicted molar refractivity (Wildman–Crippen MR) is 101 cm³/mol. The normalized spacial score (nSPS) is 34.1. The highest BCUT2D eigenvalue weighted by atomic mass is 31.2. The van der Waals surface area contributed by atoms with Crippen LogP contribution in [-0.4, -0.2) is 56.3 Å². The van der Waals surface area contributed by atoms with Gasteiger partial charge in [0.2, 0.25) is 0 Å². The first-order valence-corrected chi connectivity index (χ1v) is 10.7. The summed E-state index contributed by atoms with van der Waals surface area (Å²) in [5, 5.41) is 20.6. The molecule has 0 aromatic carbocycles. The molecule has 2 aromatic rings. The van der Waals surface area contributed by atoms with Gasteiger partial charge < -0.3 is 20.7 Å². The van der Waals surface area contributed by atoms with E-state index >= 15 is 0 Å². The smallest absolute Gasteiger partial charge is 0.387 e. The summed E-state index contributed by atoms with van der Waals surface area (Å²) >= 11 is 0. The first-order valence-electron chi connectivity index (χ1n) is 9.20. The summed E-state index contributed by atoms with van der Waals surface area (Å²) in [6.07, 6.45) is -0.713. The molecule has 2 aromatic heterocycles. The first-order chi connectivity index (χ1) is 14.4. The van der Waals surface area contributed by atoms with Gasteiger partial charge >= 0.3 is 13.5 Å². The summed E-state index contributed by atoms with van der Waals surface area (Å²) in [6, 6.07) is 4.88. The van der Waals surface area contributed by atoms with Crippen molar-refractivity contribution < 1.29 is 33.1 Å². The Balaban J connectivity index is 1.42. The second-order valence-electron chi connectivity index (χ2n) is 6.83. The van der Waals surface area contributed by atoms with Gasteiger partial charge in [-0.15, -0.1) is 0 Å². The van der Waals surface area contributed by atoms with Gasteiger partial charge in [-0.1, -0.05) is 6.07 Å². The molecule has 1 unspecified atom stereocenters. The molecule has 2 fully saturated rings. The van der Waals surface area contributed by atoms with Gasteiger partial charge in [0.05, 0.1) is 19.3 Å². The molecule has 0 spiro atoms. The molecule has 12 nitrogen and oxygen atoms in total. The molecule has 162 valence electrons. The third-order valence-electron chi connectivity index (χ3n) is 4.80. The van der Waals surface area contributed by atoms with Crippen molar-refractivity contribution in [3.8, 4) is 0 Å². The fourth-order valence-electron chi connectivity index (χ4n) is 3.25. The number of pyridine rings is 1. The molecule has 2 aliphatic heterocycles. The van der Waals surface area contributed by atoms with Gasteiger partial charge in [-0.3, -0.25) is 23.1 Å². The molecule has 2 saturated heterocycles. The number of nitrogen functional groups attached to an aromatic ring is 1. The highest BCUT2D eigenvalue weighted by Gasteiger charge is 2.46. The zero-order valence-electron chi connectivity index (χ0n) is 15.7. The van der Waals surface area contributed by atoms with Crippen LogP contribution in [0.4, 0.5) is 5.82 Å². The first kappa shape index (κ1) is 21.1. The Morgan fingerprint density at radius 2 is 2.17 bits per heavy atom. The van der Waals surface area contributed by atoms with Crippen LogP contribution in [-0.2, 0) is 22.9 Å². The lowest BCUT2D eigenvalue weighted by Gasteiger charge is -2.29. The van der Waals surface area contributed by atoms with E-state index in [1.54, 1.807) is 24.5 Å². The van der Waals surface area contributed by atoms with E-state index in [9.17, 15) is 19.6 Å². The summed E-state index contributed by atoms with van der Waals surface area (Å²) in [5.41, 5.74) is 5.43. The van der Waals surface area contributed by atoms with Gasteiger partial charge in [-0.2, -0.15) is 4.98 Å². The van der Waals surface area contributed by atoms with Crippen LogP contribution < -0.4 is 11.4 Å². The third kappa shape index (κ3) is 4.30. The van der Waals surface area contributed by atoms with Gasteiger partial charge in [-0.25, -0.2) is 9.36 Å². The average molecular weight is 440 g/mol. The van der Waals surface area contributed by atoms with Crippen LogP contribution >= 0.6 is 7.82 Å². The van der Waals surface area contributed by atoms with Gasteiger partial charge in [0.15, 0.2) is 6.23 Å². The molecule has 0 bridgehead atoms. The number of phosphoric acid groups is 1. The number of phosphoric ester groups is 1. The number of aliphatic hydroxyl groups is 2. The molecule has 2 aliphatic rings. The van der Waals surface area contributed by atoms with Gasteiger partial charge in [0, 0.05) is 25.0 Å². The van der Waals surface area contributed by atoms with Crippen LogP contribution in [0.1, 0.15) is 24.3 Å². The van der Waals surface area contributed by atoms with E-state index < -0.39 is 50.8 Å². The molecule has 30 heavy (non-hydrogen) atoms. The second kappa shape index (κ2) is 8.52. The quantitative estimate of drug-likeness (QED) is 0.541. The minimum Gasteiger partial charge on any atom is -0.387 e. The zero-order valence-corrected chi connectivity index (χ0v) is 16.6. The molecule has 6 atom stereocenters. The Morgan fingerprint density at radius 1 is 1.33 bits per heavy atom. The Bertz CT molecular complexity index is 989. The highest BCUT2D eigenvalue weighted by molar-refractivity contribution is 7.48. The van der Waals surface area contributed by atoms with Gasteiger partial charge in [0.1, 0.15) is 24.1 Å². The minimum atomic E-state index is -3.94. The third-order valence-corrected chi connectivity index (χ3v) is 6.28. The number of aromatic nitrogens is 3. The van der Waals surface area contributed by atoms with E-state index in [0.29, 0.717) is 6.42 Å². The van der Waals surface area contributed by atoms with E-state index in [-0.39, 0.29) is 12.4 Å². The zero-order chi connectivity index (χ0) is 21.3. The fraction of sp³-hybridized carbons (Fsp3) is 0.471. The lowest BCUT2D eigenvalue weighted by Crippen LogP contribution is -2.36. The van der Waals surface area contributed by atoms with Crippen molar-refractivity contribution in [3.05, 3.63) is 52.8 Å². The van der Waals surface area contributed by atoms with Gasteiger partial charge in [-0.05, 0) is 17.7 Å². The number of nitrogens with two attached hydrogens (primary N) is 1. The van der Waals surface area contributed by atoms with Crippen LogP contribution in [0, 0.1) is 0 Å². The minimum absolute atomic E-state index is 0.0111. The van der Waals surface area contributed by atoms with Crippen molar-refractivity contribution in [2.24, 2.45) is 0 Å². The van der Waals surface area contributed by atoms with E-state index in [4.69, 9.17) is 24.0 Å². The Morgan fingerprint density at radius 3 is 2.90 bits per heavy atom. The van der Waals surface area contributed by atoms with Gasteiger partial charge in [0.25, 0.3) is 0 Å². The number of hydrogen-bond donors (Lipinski definition) is 3. The largest absolute Gasteiger partial charge is 0.475 e. The van der Waals surface area contributed by atoms with Crippen molar-refractivity contribution in [2.75, 3.05) is 18.9 Å². The fourth-order valence-corrected chi connectivity index (χ4v) is 4.65. The van der Waals surface area contributed by atoms with Crippen LogP contribution in [0.15, 0.2) is 41.6 Å². The monoisotopic (exact) mass is 440 g/mol. The van der Waals surface area contributed by atoms with Crippen molar-refractivity contribution in [1.82, 2.24) is 14.5 Å². The molecular weight excluding hydrogens is 419 g/mol. The van der Waals surface area contributed by atoms with Crippen LogP contribution in [0.3, 0.4) is 0 Å². The molecule has 0 saturated carbocycles. The predicted octanol–water partition coefficient (Wildman–Crippen LogP) is 0.143. The Labute approximate surface area is 170 Å².